The van der Waals surface area contributed by atoms with E-state index in [2.05, 4.69) is 4.72 Å². The molecule has 0 saturated heterocycles. The summed E-state index contributed by atoms with van der Waals surface area (Å²) in [6.45, 7) is 6.57. The molecule has 0 fully saturated rings. The molecule has 0 saturated carbocycles. The molecule has 0 spiro atoms. The molecule has 0 aliphatic carbocycles. The Labute approximate surface area is 125 Å². The minimum atomic E-state index is -3.74. The fourth-order valence-electron chi connectivity index (χ4n) is 1.89. The molecule has 1 aromatic heterocycles. The molecule has 120 valence electrons. The van der Waals surface area contributed by atoms with Crippen LogP contribution < -0.4 is 4.72 Å². The lowest BCUT2D eigenvalue weighted by Crippen LogP contribution is -2.32. The lowest BCUT2D eigenvalue weighted by Gasteiger charge is -2.12. The summed E-state index contributed by atoms with van der Waals surface area (Å²) in [4.78, 5) is 11.1. The van der Waals surface area contributed by atoms with Crippen LogP contribution in [0.1, 0.15) is 37.7 Å². The highest BCUT2D eigenvalue weighted by molar-refractivity contribution is 7.89. The van der Waals surface area contributed by atoms with Gasteiger partial charge in [0.2, 0.25) is 10.0 Å². The van der Waals surface area contributed by atoms with Gasteiger partial charge < -0.3 is 14.4 Å². The molecule has 1 heterocycles. The number of aromatic carboxylic acids is 1. The van der Waals surface area contributed by atoms with Crippen LogP contribution in [0.15, 0.2) is 17.2 Å². The van der Waals surface area contributed by atoms with E-state index in [9.17, 15) is 13.2 Å². The van der Waals surface area contributed by atoms with Gasteiger partial charge in [0.1, 0.15) is 10.6 Å². The van der Waals surface area contributed by atoms with Crippen LogP contribution in [0.3, 0.4) is 0 Å². The van der Waals surface area contributed by atoms with Gasteiger partial charge in [-0.25, -0.2) is 17.9 Å². The van der Waals surface area contributed by atoms with E-state index in [0.29, 0.717) is 19.6 Å². The van der Waals surface area contributed by atoms with Crippen molar-refractivity contribution < 1.29 is 23.1 Å². The molecule has 0 radical (unpaired) electrons. The summed E-state index contributed by atoms with van der Waals surface area (Å²) < 4.78 is 33.4. The molecule has 1 rings (SSSR count). The van der Waals surface area contributed by atoms with Crippen molar-refractivity contribution in [2.75, 3.05) is 13.2 Å². The van der Waals surface area contributed by atoms with E-state index >= 15 is 0 Å². The second kappa shape index (κ2) is 7.58. The summed E-state index contributed by atoms with van der Waals surface area (Å²) >= 11 is 0. The molecule has 0 bridgehead atoms. The number of nitrogens with one attached hydrogen (secondary N) is 1. The molecule has 8 heteroatoms. The van der Waals surface area contributed by atoms with Crippen molar-refractivity contribution in [3.05, 3.63) is 18.0 Å². The van der Waals surface area contributed by atoms with E-state index < -0.39 is 16.0 Å². The minimum Gasteiger partial charge on any atom is -0.477 e. The van der Waals surface area contributed by atoms with Crippen molar-refractivity contribution >= 4 is 16.0 Å². The number of aryl methyl sites for hydroxylation is 1. The Bertz CT molecular complexity index is 579. The molecule has 1 unspecified atom stereocenters. The average molecular weight is 318 g/mol. The second-order valence-electron chi connectivity index (χ2n) is 4.68. The third-order valence-electron chi connectivity index (χ3n) is 2.88. The van der Waals surface area contributed by atoms with Crippen molar-refractivity contribution in [3.63, 3.8) is 0 Å². The van der Waals surface area contributed by atoms with Gasteiger partial charge in [0.25, 0.3) is 0 Å². The van der Waals surface area contributed by atoms with Gasteiger partial charge in [-0.2, -0.15) is 0 Å². The summed E-state index contributed by atoms with van der Waals surface area (Å²) in [5, 5.41) is 9.10. The zero-order valence-electron chi connectivity index (χ0n) is 12.5. The zero-order chi connectivity index (χ0) is 16.0. The van der Waals surface area contributed by atoms with Gasteiger partial charge in [0.15, 0.2) is 0 Å². The first-order valence-corrected chi connectivity index (χ1v) is 8.34. The number of hydrogen-bond donors (Lipinski definition) is 2. The first-order chi connectivity index (χ1) is 9.81. The maximum absolute atomic E-state index is 12.2. The molecule has 0 aromatic carbocycles. The predicted molar refractivity (Wildman–Crippen MR) is 78.0 cm³/mol. The number of rotatable bonds is 9. The third-order valence-corrected chi connectivity index (χ3v) is 4.27. The van der Waals surface area contributed by atoms with Gasteiger partial charge in [-0.1, -0.05) is 6.92 Å². The van der Waals surface area contributed by atoms with Crippen molar-refractivity contribution in [2.45, 2.75) is 44.7 Å². The Hall–Kier alpha value is -1.38. The first-order valence-electron chi connectivity index (χ1n) is 6.86. The van der Waals surface area contributed by atoms with E-state index in [-0.39, 0.29) is 23.2 Å². The molecule has 0 aliphatic rings. The van der Waals surface area contributed by atoms with Gasteiger partial charge in [0.05, 0.1) is 6.10 Å². The molecule has 7 nitrogen and oxygen atoms in total. The third kappa shape index (κ3) is 4.83. The maximum Gasteiger partial charge on any atom is 0.352 e. The summed E-state index contributed by atoms with van der Waals surface area (Å²) in [5.74, 6) is -1.15. The largest absolute Gasteiger partial charge is 0.477 e. The Morgan fingerprint density at radius 3 is 2.67 bits per heavy atom. The van der Waals surface area contributed by atoms with Crippen LogP contribution in [0.25, 0.3) is 0 Å². The van der Waals surface area contributed by atoms with Crippen LogP contribution in [-0.4, -0.2) is 43.3 Å². The van der Waals surface area contributed by atoms with Crippen LogP contribution >= 0.6 is 0 Å². The molecule has 1 atom stereocenters. The highest BCUT2D eigenvalue weighted by Gasteiger charge is 2.21. The van der Waals surface area contributed by atoms with Crippen molar-refractivity contribution in [3.8, 4) is 0 Å². The summed E-state index contributed by atoms with van der Waals surface area (Å²) in [6.07, 6.45) is 1.81. The van der Waals surface area contributed by atoms with Crippen LogP contribution in [0.2, 0.25) is 0 Å². The number of carboxylic acid groups (broad SMARTS) is 1. The molecule has 1 aromatic rings. The molecular weight excluding hydrogens is 296 g/mol. The van der Waals surface area contributed by atoms with Crippen LogP contribution in [0.4, 0.5) is 0 Å². The monoisotopic (exact) mass is 318 g/mol. The Kier molecular flexibility index (Phi) is 6.38. The highest BCUT2D eigenvalue weighted by atomic mass is 32.2. The zero-order valence-corrected chi connectivity index (χ0v) is 13.3. The number of nitrogens with zero attached hydrogens (tertiary/aromatic N) is 1. The van der Waals surface area contributed by atoms with Gasteiger partial charge in [0, 0.05) is 25.9 Å². The average Bonchev–Trinajstić information content (AvgIpc) is 2.82. The van der Waals surface area contributed by atoms with Gasteiger partial charge in [-0.3, -0.25) is 0 Å². The summed E-state index contributed by atoms with van der Waals surface area (Å²) in [5.41, 5.74) is -0.0323. The SMILES string of the molecule is CCCn1cc(S(=O)(=O)NCC(C)OCC)cc1C(=O)O. The Balaban J connectivity index is 2.93. The molecule has 2 N–H and O–H groups in total. The van der Waals surface area contributed by atoms with Gasteiger partial charge in [-0.15, -0.1) is 0 Å². The van der Waals surface area contributed by atoms with E-state index in [1.807, 2.05) is 13.8 Å². The normalized spacial score (nSPS) is 13.3. The van der Waals surface area contributed by atoms with Crippen molar-refractivity contribution in [1.29, 1.82) is 0 Å². The molecule has 0 aliphatic heterocycles. The van der Waals surface area contributed by atoms with Crippen molar-refractivity contribution in [1.82, 2.24) is 9.29 Å². The number of hydrogen-bond acceptors (Lipinski definition) is 4. The van der Waals surface area contributed by atoms with E-state index in [1.165, 1.54) is 16.8 Å². The number of carboxylic acids is 1. The van der Waals surface area contributed by atoms with Crippen LogP contribution in [0, 0.1) is 0 Å². The quantitative estimate of drug-likeness (QED) is 0.715. The van der Waals surface area contributed by atoms with Gasteiger partial charge in [-0.05, 0) is 26.3 Å². The second-order valence-corrected chi connectivity index (χ2v) is 6.44. The van der Waals surface area contributed by atoms with E-state index in [4.69, 9.17) is 9.84 Å². The number of aromatic nitrogens is 1. The topological polar surface area (TPSA) is 97.6 Å². The number of ether oxygens (including phenoxy) is 1. The molecule has 21 heavy (non-hydrogen) atoms. The molecule has 0 amide bonds. The lowest BCUT2D eigenvalue weighted by atomic mass is 10.4. The molecular formula is C13H22N2O5S. The summed E-state index contributed by atoms with van der Waals surface area (Å²) in [7, 11) is -3.74. The smallest absolute Gasteiger partial charge is 0.352 e. The predicted octanol–water partition coefficient (Wildman–Crippen LogP) is 1.30. The van der Waals surface area contributed by atoms with Gasteiger partial charge >= 0.3 is 5.97 Å². The minimum absolute atomic E-state index is 0.0323. The van der Waals surface area contributed by atoms with Crippen molar-refractivity contribution in [2.24, 2.45) is 0 Å². The van der Waals surface area contributed by atoms with E-state index in [1.54, 1.807) is 6.92 Å². The fraction of sp³-hybridized carbons (Fsp3) is 0.615. The maximum atomic E-state index is 12.2. The Morgan fingerprint density at radius 1 is 1.48 bits per heavy atom. The summed E-state index contributed by atoms with van der Waals surface area (Å²) in [6, 6.07) is 1.17. The lowest BCUT2D eigenvalue weighted by molar-refractivity contribution is 0.0685. The van der Waals surface area contributed by atoms with E-state index in [0.717, 1.165) is 0 Å². The Morgan fingerprint density at radius 2 is 2.14 bits per heavy atom. The number of carbonyl (C=O) groups is 1. The standard InChI is InChI=1S/C13H22N2O5S/c1-4-6-15-9-11(7-12(15)13(16)17)21(18,19)14-8-10(3)20-5-2/h7,9-10,14H,4-6,8H2,1-3H3,(H,16,17). The highest BCUT2D eigenvalue weighted by Crippen LogP contribution is 2.15. The number of sulfonamides is 1. The fourth-order valence-corrected chi connectivity index (χ4v) is 3.04. The van der Waals surface area contributed by atoms with Crippen LogP contribution in [0.5, 0.6) is 0 Å². The van der Waals surface area contributed by atoms with Crippen LogP contribution in [-0.2, 0) is 21.3 Å². The first kappa shape index (κ1) is 17.7.